The number of hydrogen-bond acceptors (Lipinski definition) is 3. The first kappa shape index (κ1) is 11.4. The normalized spacial score (nSPS) is 15.5. The monoisotopic (exact) mass is 234 g/mol. The smallest absolute Gasteiger partial charge is 0.325 e. The van der Waals surface area contributed by atoms with Gasteiger partial charge in [-0.25, -0.2) is 5.01 Å². The van der Waals surface area contributed by atoms with Crippen LogP contribution in [0.4, 0.5) is 5.69 Å². The standard InChI is InChI=1S/C12H14N2O3/c1-9-2-4-10(5-3-9)13-7-6-11(15)14(13)8-12(16)17/h2-5H,6-8H2,1H3,(H,16,17). The number of benzene rings is 1. The first-order valence-corrected chi connectivity index (χ1v) is 5.44. The largest absolute Gasteiger partial charge is 0.480 e. The lowest BCUT2D eigenvalue weighted by Crippen LogP contribution is -2.42. The molecule has 0 saturated carbocycles. The number of anilines is 1. The van der Waals surface area contributed by atoms with Crippen LogP contribution >= 0.6 is 0 Å². The number of aryl methyl sites for hydroxylation is 1. The highest BCUT2D eigenvalue weighted by Crippen LogP contribution is 2.22. The molecule has 1 fully saturated rings. The molecule has 1 aliphatic rings. The summed E-state index contributed by atoms with van der Waals surface area (Å²) in [4.78, 5) is 22.3. The summed E-state index contributed by atoms with van der Waals surface area (Å²) in [6, 6.07) is 7.67. The Bertz CT molecular complexity index is 442. The van der Waals surface area contributed by atoms with E-state index in [1.807, 2.05) is 31.2 Å². The van der Waals surface area contributed by atoms with Crippen molar-refractivity contribution in [3.8, 4) is 0 Å². The van der Waals surface area contributed by atoms with Gasteiger partial charge < -0.3 is 5.11 Å². The van der Waals surface area contributed by atoms with Crippen LogP contribution in [0.25, 0.3) is 0 Å². The highest BCUT2D eigenvalue weighted by Gasteiger charge is 2.30. The number of rotatable bonds is 3. The minimum absolute atomic E-state index is 0.145. The summed E-state index contributed by atoms with van der Waals surface area (Å²) >= 11 is 0. The second-order valence-electron chi connectivity index (χ2n) is 4.05. The van der Waals surface area contributed by atoms with Crippen molar-refractivity contribution in [3.63, 3.8) is 0 Å². The van der Waals surface area contributed by atoms with Gasteiger partial charge in [-0.3, -0.25) is 14.6 Å². The molecule has 0 bridgehead atoms. The van der Waals surface area contributed by atoms with Gasteiger partial charge in [0.2, 0.25) is 5.91 Å². The Hall–Kier alpha value is -2.04. The molecule has 1 heterocycles. The molecule has 90 valence electrons. The van der Waals surface area contributed by atoms with E-state index in [1.165, 1.54) is 5.01 Å². The Balaban J connectivity index is 2.22. The predicted octanol–water partition coefficient (Wildman–Crippen LogP) is 1.03. The highest BCUT2D eigenvalue weighted by molar-refractivity contribution is 5.85. The fourth-order valence-corrected chi connectivity index (χ4v) is 1.87. The number of carbonyl (C=O) groups excluding carboxylic acids is 1. The fraction of sp³-hybridized carbons (Fsp3) is 0.333. The lowest BCUT2D eigenvalue weighted by Gasteiger charge is -2.28. The van der Waals surface area contributed by atoms with E-state index in [9.17, 15) is 9.59 Å². The van der Waals surface area contributed by atoms with E-state index in [0.29, 0.717) is 13.0 Å². The summed E-state index contributed by atoms with van der Waals surface area (Å²) in [7, 11) is 0. The zero-order valence-corrected chi connectivity index (χ0v) is 9.59. The molecule has 1 aliphatic heterocycles. The third-order valence-electron chi connectivity index (χ3n) is 2.73. The van der Waals surface area contributed by atoms with Crippen LogP contribution in [0.1, 0.15) is 12.0 Å². The molecule has 5 heteroatoms. The third kappa shape index (κ3) is 2.38. The molecule has 1 amide bonds. The van der Waals surface area contributed by atoms with E-state index in [1.54, 1.807) is 5.01 Å². The van der Waals surface area contributed by atoms with Gasteiger partial charge in [-0.2, -0.15) is 0 Å². The number of nitrogens with zero attached hydrogens (tertiary/aromatic N) is 2. The molecule has 0 radical (unpaired) electrons. The second-order valence-corrected chi connectivity index (χ2v) is 4.05. The van der Waals surface area contributed by atoms with Gasteiger partial charge in [-0.15, -0.1) is 0 Å². The van der Waals surface area contributed by atoms with Crippen LogP contribution in [0.3, 0.4) is 0 Å². The zero-order valence-electron chi connectivity index (χ0n) is 9.59. The number of carboxylic acids is 1. The number of carboxylic acid groups (broad SMARTS) is 1. The summed E-state index contributed by atoms with van der Waals surface area (Å²) < 4.78 is 0. The number of hydrazine groups is 1. The SMILES string of the molecule is Cc1ccc(N2CCC(=O)N2CC(=O)O)cc1. The molecule has 1 aromatic rings. The molecule has 1 saturated heterocycles. The van der Waals surface area contributed by atoms with Crippen molar-refractivity contribution in [3.05, 3.63) is 29.8 Å². The van der Waals surface area contributed by atoms with Gasteiger partial charge in [0.25, 0.3) is 0 Å². The average Bonchev–Trinajstić information content (AvgIpc) is 2.61. The van der Waals surface area contributed by atoms with Crippen molar-refractivity contribution in [2.75, 3.05) is 18.1 Å². The van der Waals surface area contributed by atoms with Gasteiger partial charge in [0.15, 0.2) is 0 Å². The van der Waals surface area contributed by atoms with Gasteiger partial charge >= 0.3 is 5.97 Å². The summed E-state index contributed by atoms with van der Waals surface area (Å²) in [5.41, 5.74) is 1.98. The van der Waals surface area contributed by atoms with Crippen molar-refractivity contribution in [2.24, 2.45) is 0 Å². The molecule has 0 atom stereocenters. The lowest BCUT2D eigenvalue weighted by molar-refractivity contribution is -0.143. The topological polar surface area (TPSA) is 60.9 Å². The minimum atomic E-state index is -1.00. The van der Waals surface area contributed by atoms with E-state index in [0.717, 1.165) is 11.3 Å². The maximum Gasteiger partial charge on any atom is 0.325 e. The number of aliphatic carboxylic acids is 1. The molecular formula is C12H14N2O3. The van der Waals surface area contributed by atoms with E-state index in [2.05, 4.69) is 0 Å². The predicted molar refractivity (Wildman–Crippen MR) is 62.5 cm³/mol. The van der Waals surface area contributed by atoms with E-state index < -0.39 is 5.97 Å². The van der Waals surface area contributed by atoms with Crippen molar-refractivity contribution in [1.82, 2.24) is 5.01 Å². The average molecular weight is 234 g/mol. The summed E-state index contributed by atoms with van der Waals surface area (Å²) in [5, 5.41) is 11.8. The Kier molecular flexibility index (Phi) is 2.99. The van der Waals surface area contributed by atoms with E-state index >= 15 is 0 Å². The van der Waals surface area contributed by atoms with Crippen molar-refractivity contribution in [2.45, 2.75) is 13.3 Å². The van der Waals surface area contributed by atoms with Crippen molar-refractivity contribution in [1.29, 1.82) is 0 Å². The first-order valence-electron chi connectivity index (χ1n) is 5.44. The van der Waals surface area contributed by atoms with Crippen LogP contribution < -0.4 is 5.01 Å². The maximum absolute atomic E-state index is 11.6. The Morgan fingerprint density at radius 3 is 2.59 bits per heavy atom. The van der Waals surface area contributed by atoms with Gasteiger partial charge in [-0.05, 0) is 19.1 Å². The fourth-order valence-electron chi connectivity index (χ4n) is 1.87. The van der Waals surface area contributed by atoms with Crippen LogP contribution in [-0.2, 0) is 9.59 Å². The molecule has 0 aliphatic carbocycles. The number of amides is 1. The molecule has 0 unspecified atom stereocenters. The molecule has 1 N–H and O–H groups in total. The quantitative estimate of drug-likeness (QED) is 0.848. The number of carbonyl (C=O) groups is 2. The molecule has 0 aromatic heterocycles. The second kappa shape index (κ2) is 4.45. The Labute approximate surface area is 99.2 Å². The van der Waals surface area contributed by atoms with E-state index in [4.69, 9.17) is 5.11 Å². The molecule has 2 rings (SSSR count). The highest BCUT2D eigenvalue weighted by atomic mass is 16.4. The summed E-state index contributed by atoms with van der Waals surface area (Å²) in [6.45, 7) is 2.23. The van der Waals surface area contributed by atoms with Crippen LogP contribution in [0, 0.1) is 6.92 Å². The van der Waals surface area contributed by atoms with Crippen molar-refractivity contribution >= 4 is 17.6 Å². The molecular weight excluding hydrogens is 220 g/mol. The van der Waals surface area contributed by atoms with Crippen molar-refractivity contribution < 1.29 is 14.7 Å². The Morgan fingerprint density at radius 1 is 1.35 bits per heavy atom. The van der Waals surface area contributed by atoms with E-state index in [-0.39, 0.29) is 12.5 Å². The maximum atomic E-state index is 11.6. The summed E-state index contributed by atoms with van der Waals surface area (Å²) in [5.74, 6) is -1.15. The van der Waals surface area contributed by atoms with Crippen LogP contribution in [-0.4, -0.2) is 35.1 Å². The first-order chi connectivity index (χ1) is 8.08. The van der Waals surface area contributed by atoms with Gasteiger partial charge in [0.05, 0.1) is 5.69 Å². The molecule has 0 spiro atoms. The van der Waals surface area contributed by atoms with Gasteiger partial charge in [-0.1, -0.05) is 17.7 Å². The van der Waals surface area contributed by atoms with Gasteiger partial charge in [0.1, 0.15) is 6.54 Å². The minimum Gasteiger partial charge on any atom is -0.480 e. The Morgan fingerprint density at radius 2 is 2.00 bits per heavy atom. The van der Waals surface area contributed by atoms with Gasteiger partial charge in [0, 0.05) is 13.0 Å². The number of hydrogen-bond donors (Lipinski definition) is 1. The van der Waals surface area contributed by atoms with Crippen LogP contribution in [0.5, 0.6) is 0 Å². The molecule has 5 nitrogen and oxygen atoms in total. The summed E-state index contributed by atoms with van der Waals surface area (Å²) in [6.07, 6.45) is 0.362. The zero-order chi connectivity index (χ0) is 12.4. The lowest BCUT2D eigenvalue weighted by atomic mass is 10.2. The molecule has 17 heavy (non-hydrogen) atoms. The molecule has 1 aromatic carbocycles. The van der Waals surface area contributed by atoms with Crippen LogP contribution in [0.15, 0.2) is 24.3 Å². The van der Waals surface area contributed by atoms with Crippen LogP contribution in [0.2, 0.25) is 0 Å². The third-order valence-corrected chi connectivity index (χ3v) is 2.73.